The van der Waals surface area contributed by atoms with E-state index in [0.717, 1.165) is 26.7 Å². The molecule has 0 radical (unpaired) electrons. The van der Waals surface area contributed by atoms with Crippen molar-refractivity contribution in [1.82, 2.24) is 10.2 Å². The number of halogens is 1. The largest absolute Gasteiger partial charge is 0.445 e. The first-order valence-electron chi connectivity index (χ1n) is 14.8. The molecule has 0 aliphatic rings. The molecule has 2 N–H and O–H groups in total. The number of anilines is 1. The number of sulfone groups is 1. The van der Waals surface area contributed by atoms with Crippen LogP contribution in [0.15, 0.2) is 70.0 Å². The smallest absolute Gasteiger partial charge is 0.410 e. The van der Waals surface area contributed by atoms with E-state index in [0.29, 0.717) is 5.69 Å². The van der Waals surface area contributed by atoms with Gasteiger partial charge in [-0.1, -0.05) is 46.3 Å². The van der Waals surface area contributed by atoms with Crippen LogP contribution in [0.3, 0.4) is 0 Å². The number of nitrogens with one attached hydrogen (secondary N) is 2. The summed E-state index contributed by atoms with van der Waals surface area (Å²) in [7, 11) is -3.72. The van der Waals surface area contributed by atoms with Crippen molar-refractivity contribution in [2.75, 3.05) is 11.9 Å². The zero-order valence-electron chi connectivity index (χ0n) is 27.3. The maximum absolute atomic E-state index is 13.4. The molecule has 0 spiro atoms. The first-order chi connectivity index (χ1) is 21.5. The van der Waals surface area contributed by atoms with Gasteiger partial charge >= 0.3 is 12.2 Å². The molecule has 0 heterocycles. The van der Waals surface area contributed by atoms with Gasteiger partial charge in [0.1, 0.15) is 18.8 Å². The molecule has 0 fully saturated rings. The molecule has 3 amide bonds. The Morgan fingerprint density at radius 1 is 0.957 bits per heavy atom. The number of ether oxygens (including phenoxy) is 2. The van der Waals surface area contributed by atoms with Gasteiger partial charge in [0.25, 0.3) is 0 Å². The summed E-state index contributed by atoms with van der Waals surface area (Å²) >= 11 is 3.50. The Morgan fingerprint density at radius 3 is 2.17 bits per heavy atom. The topological polar surface area (TPSA) is 131 Å². The van der Waals surface area contributed by atoms with Crippen LogP contribution in [0.2, 0.25) is 0 Å². The zero-order chi connectivity index (χ0) is 34.2. The molecule has 3 aromatic carbocycles. The fourth-order valence-corrected chi connectivity index (χ4v) is 6.51. The average molecular weight is 717 g/mol. The molecule has 0 unspecified atom stereocenters. The molecule has 12 heteroatoms. The lowest BCUT2D eigenvalue weighted by atomic mass is 10.0. The monoisotopic (exact) mass is 715 g/mol. The van der Waals surface area contributed by atoms with E-state index in [-0.39, 0.29) is 36.7 Å². The summed E-state index contributed by atoms with van der Waals surface area (Å²) in [6.45, 7) is 11.8. The second-order valence-corrected chi connectivity index (χ2v) is 15.6. The highest BCUT2D eigenvalue weighted by Crippen LogP contribution is 2.25. The highest BCUT2D eigenvalue weighted by atomic mass is 79.9. The van der Waals surface area contributed by atoms with Crippen LogP contribution >= 0.6 is 15.9 Å². The Bertz CT molecular complexity index is 1650. The van der Waals surface area contributed by atoms with Crippen molar-refractivity contribution in [3.05, 3.63) is 93.0 Å². The second kappa shape index (κ2) is 15.6. The molecule has 3 rings (SSSR count). The van der Waals surface area contributed by atoms with Gasteiger partial charge in [0.05, 0.1) is 16.7 Å². The number of benzene rings is 3. The Labute approximate surface area is 279 Å². The number of hydrogen-bond donors (Lipinski definition) is 2. The van der Waals surface area contributed by atoms with Crippen LogP contribution in [-0.2, 0) is 43.8 Å². The first-order valence-corrected chi connectivity index (χ1v) is 17.1. The van der Waals surface area contributed by atoms with Crippen molar-refractivity contribution in [1.29, 1.82) is 0 Å². The molecule has 248 valence electrons. The molecule has 0 aliphatic heterocycles. The number of hydrogen-bond acceptors (Lipinski definition) is 7. The maximum Gasteiger partial charge on any atom is 0.410 e. The summed E-state index contributed by atoms with van der Waals surface area (Å²) in [5.41, 5.74) is 3.40. The first kappa shape index (κ1) is 36.6. The van der Waals surface area contributed by atoms with Crippen molar-refractivity contribution in [3.63, 3.8) is 0 Å². The van der Waals surface area contributed by atoms with Gasteiger partial charge in [-0.15, -0.1) is 0 Å². The van der Waals surface area contributed by atoms with Crippen LogP contribution in [-0.4, -0.2) is 48.8 Å². The quantitative estimate of drug-likeness (QED) is 0.218. The minimum atomic E-state index is -3.72. The normalized spacial score (nSPS) is 11.6. The van der Waals surface area contributed by atoms with Gasteiger partial charge in [-0.05, 0) is 107 Å². The number of rotatable bonds is 11. The number of carbonyl (C=O) groups excluding carboxylic acids is 3. The lowest BCUT2D eigenvalue weighted by molar-refractivity contribution is -0.117. The van der Waals surface area contributed by atoms with E-state index in [1.54, 1.807) is 34.6 Å². The van der Waals surface area contributed by atoms with E-state index in [9.17, 15) is 22.8 Å². The van der Waals surface area contributed by atoms with Crippen LogP contribution in [0.4, 0.5) is 15.3 Å². The van der Waals surface area contributed by atoms with Gasteiger partial charge in [-0.3, -0.25) is 9.69 Å². The standard InChI is InChI=1S/C34H42BrN3O7S/c1-22(2)46(42,43)30-14-13-28(17-26(30)18-36-32(40)45-34(5,6)7)37-31(39)20-38(19-29-23(3)15-27(35)16-24(29)4)33(41)44-21-25-11-9-8-10-12-25/h8-17,22H,18-21H2,1-7H3,(H,36,40)(H,37,39). The number of nitrogens with zero attached hydrogens (tertiary/aromatic N) is 1. The molecule has 46 heavy (non-hydrogen) atoms. The molecule has 0 atom stereocenters. The molecular formula is C34H42BrN3O7S. The number of carbonyl (C=O) groups is 3. The van der Waals surface area contributed by atoms with Crippen LogP contribution < -0.4 is 10.6 Å². The molecule has 3 aromatic rings. The molecule has 0 aliphatic carbocycles. The predicted octanol–water partition coefficient (Wildman–Crippen LogP) is 7.05. The highest BCUT2D eigenvalue weighted by molar-refractivity contribution is 9.10. The van der Waals surface area contributed by atoms with Gasteiger partial charge in [0, 0.05) is 16.7 Å². The summed E-state index contributed by atoms with van der Waals surface area (Å²) in [6, 6.07) is 17.5. The molecule has 0 bridgehead atoms. The third-order valence-corrected chi connectivity index (χ3v) is 9.61. The molecule has 0 saturated carbocycles. The Kier molecular flexibility index (Phi) is 12.4. The molecule has 0 saturated heterocycles. The fraction of sp³-hybridized carbons (Fsp3) is 0.382. The van der Waals surface area contributed by atoms with E-state index in [2.05, 4.69) is 26.6 Å². The Hall–Kier alpha value is -3.90. The zero-order valence-corrected chi connectivity index (χ0v) is 29.7. The lowest BCUT2D eigenvalue weighted by Crippen LogP contribution is -2.38. The van der Waals surface area contributed by atoms with Gasteiger partial charge < -0.3 is 20.1 Å². The molecule has 0 aromatic heterocycles. The van der Waals surface area contributed by atoms with E-state index < -0.39 is 38.8 Å². The van der Waals surface area contributed by atoms with Crippen LogP contribution in [0.1, 0.15) is 62.4 Å². The van der Waals surface area contributed by atoms with E-state index in [4.69, 9.17) is 9.47 Å². The number of aryl methyl sites for hydroxylation is 2. The fourth-order valence-electron chi connectivity index (χ4n) is 4.56. The van der Waals surface area contributed by atoms with Gasteiger partial charge in [-0.2, -0.15) is 0 Å². The van der Waals surface area contributed by atoms with Crippen molar-refractivity contribution >= 4 is 49.5 Å². The Morgan fingerprint density at radius 2 is 1.59 bits per heavy atom. The number of amides is 3. The minimum absolute atomic E-state index is 0.0314. The average Bonchev–Trinajstić information content (AvgIpc) is 2.95. The van der Waals surface area contributed by atoms with E-state index in [1.807, 2.05) is 56.3 Å². The SMILES string of the molecule is Cc1cc(Br)cc(C)c1CN(CC(=O)Nc1ccc(S(=O)(=O)C(C)C)c(CNC(=O)OC(C)(C)C)c1)C(=O)OCc1ccccc1. The van der Waals surface area contributed by atoms with Crippen molar-refractivity contribution in [3.8, 4) is 0 Å². The summed E-state index contributed by atoms with van der Waals surface area (Å²) in [4.78, 5) is 40.4. The van der Waals surface area contributed by atoms with E-state index >= 15 is 0 Å². The van der Waals surface area contributed by atoms with E-state index in [1.165, 1.54) is 23.1 Å². The summed E-state index contributed by atoms with van der Waals surface area (Å²) in [6.07, 6.45) is -1.38. The van der Waals surface area contributed by atoms with Gasteiger partial charge in [0.2, 0.25) is 5.91 Å². The second-order valence-electron chi connectivity index (χ2n) is 12.2. The van der Waals surface area contributed by atoms with Crippen LogP contribution in [0.5, 0.6) is 0 Å². The minimum Gasteiger partial charge on any atom is -0.445 e. The third-order valence-electron chi connectivity index (χ3n) is 6.90. The van der Waals surface area contributed by atoms with Crippen molar-refractivity contribution in [2.24, 2.45) is 0 Å². The van der Waals surface area contributed by atoms with Crippen LogP contribution in [0, 0.1) is 13.8 Å². The third kappa shape index (κ3) is 10.6. The predicted molar refractivity (Wildman–Crippen MR) is 181 cm³/mol. The maximum atomic E-state index is 13.4. The summed E-state index contributed by atoms with van der Waals surface area (Å²) in [5, 5.41) is 4.64. The molecule has 10 nitrogen and oxygen atoms in total. The van der Waals surface area contributed by atoms with Crippen molar-refractivity contribution in [2.45, 2.75) is 83.9 Å². The van der Waals surface area contributed by atoms with Crippen molar-refractivity contribution < 1.29 is 32.3 Å². The molecular weight excluding hydrogens is 674 g/mol. The Balaban J connectivity index is 1.85. The highest BCUT2D eigenvalue weighted by Gasteiger charge is 2.25. The van der Waals surface area contributed by atoms with Gasteiger partial charge in [-0.25, -0.2) is 18.0 Å². The summed E-state index contributed by atoms with van der Waals surface area (Å²) < 4.78 is 38.0. The lowest BCUT2D eigenvalue weighted by Gasteiger charge is -2.24. The summed E-state index contributed by atoms with van der Waals surface area (Å²) in [5.74, 6) is -0.519. The van der Waals surface area contributed by atoms with Gasteiger partial charge in [0.15, 0.2) is 9.84 Å². The number of alkyl carbamates (subject to hydrolysis) is 1. The van der Waals surface area contributed by atoms with Crippen LogP contribution in [0.25, 0.3) is 0 Å².